The summed E-state index contributed by atoms with van der Waals surface area (Å²) >= 11 is 0. The SMILES string of the molecule is COC(=O)CCCOCCOC(C)=O. The Balaban J connectivity index is 3.06. The van der Waals surface area contributed by atoms with Crippen LogP contribution in [0.3, 0.4) is 0 Å². The molecule has 0 bridgehead atoms. The molecule has 82 valence electrons. The largest absolute Gasteiger partial charge is 0.469 e. The van der Waals surface area contributed by atoms with Crippen LogP contribution in [0.1, 0.15) is 19.8 Å². The van der Waals surface area contributed by atoms with Gasteiger partial charge in [-0.1, -0.05) is 0 Å². The summed E-state index contributed by atoms with van der Waals surface area (Å²) in [4.78, 5) is 21.0. The minimum absolute atomic E-state index is 0.242. The van der Waals surface area contributed by atoms with Crippen molar-refractivity contribution in [2.45, 2.75) is 19.8 Å². The maximum absolute atomic E-state index is 10.6. The lowest BCUT2D eigenvalue weighted by atomic mass is 10.3. The van der Waals surface area contributed by atoms with Gasteiger partial charge in [0.1, 0.15) is 6.61 Å². The Hall–Kier alpha value is -1.10. The van der Waals surface area contributed by atoms with Crippen LogP contribution in [-0.4, -0.2) is 38.9 Å². The van der Waals surface area contributed by atoms with Gasteiger partial charge in [0.15, 0.2) is 0 Å². The molecule has 0 amide bonds. The summed E-state index contributed by atoms with van der Waals surface area (Å²) in [6, 6.07) is 0. The van der Waals surface area contributed by atoms with E-state index in [1.54, 1.807) is 0 Å². The van der Waals surface area contributed by atoms with Crippen LogP contribution < -0.4 is 0 Å². The molecular weight excluding hydrogens is 188 g/mol. The highest BCUT2D eigenvalue weighted by Crippen LogP contribution is 1.92. The summed E-state index contributed by atoms with van der Waals surface area (Å²) < 4.78 is 14.2. The third kappa shape index (κ3) is 8.99. The number of hydrogen-bond acceptors (Lipinski definition) is 5. The van der Waals surface area contributed by atoms with E-state index < -0.39 is 0 Å². The molecule has 0 atom stereocenters. The van der Waals surface area contributed by atoms with Crippen LogP contribution in [0, 0.1) is 0 Å². The van der Waals surface area contributed by atoms with E-state index in [-0.39, 0.29) is 18.5 Å². The fourth-order valence-electron chi connectivity index (χ4n) is 0.767. The summed E-state index contributed by atoms with van der Waals surface area (Å²) in [7, 11) is 1.35. The Bertz CT molecular complexity index is 178. The van der Waals surface area contributed by atoms with Gasteiger partial charge in [-0.3, -0.25) is 9.59 Å². The summed E-state index contributed by atoms with van der Waals surface area (Å²) in [6.45, 7) is 2.43. The van der Waals surface area contributed by atoms with Gasteiger partial charge in [0, 0.05) is 20.0 Å². The van der Waals surface area contributed by atoms with Crippen LogP contribution in [0.2, 0.25) is 0 Å². The standard InChI is InChI=1S/C9H16O5/c1-8(10)14-7-6-13-5-3-4-9(11)12-2/h3-7H2,1-2H3. The minimum atomic E-state index is -0.317. The van der Waals surface area contributed by atoms with E-state index in [1.807, 2.05) is 0 Å². The third-order valence-corrected chi connectivity index (χ3v) is 1.43. The Morgan fingerprint density at radius 3 is 2.43 bits per heavy atom. The van der Waals surface area contributed by atoms with Gasteiger partial charge in [0.25, 0.3) is 0 Å². The van der Waals surface area contributed by atoms with Crippen molar-refractivity contribution in [2.75, 3.05) is 26.9 Å². The second kappa shape index (κ2) is 8.50. The molecule has 0 saturated heterocycles. The van der Waals surface area contributed by atoms with E-state index in [2.05, 4.69) is 9.47 Å². The van der Waals surface area contributed by atoms with Crippen molar-refractivity contribution in [3.8, 4) is 0 Å². The van der Waals surface area contributed by atoms with Gasteiger partial charge in [0.2, 0.25) is 0 Å². The van der Waals surface area contributed by atoms with Crippen molar-refractivity contribution in [3.63, 3.8) is 0 Å². The first kappa shape index (κ1) is 12.9. The van der Waals surface area contributed by atoms with E-state index >= 15 is 0 Å². The molecule has 0 spiro atoms. The molecule has 0 aliphatic carbocycles. The molecule has 0 fully saturated rings. The number of rotatable bonds is 7. The summed E-state index contributed by atoms with van der Waals surface area (Å²) in [5, 5.41) is 0. The Morgan fingerprint density at radius 1 is 1.14 bits per heavy atom. The minimum Gasteiger partial charge on any atom is -0.469 e. The molecule has 0 aliphatic heterocycles. The van der Waals surface area contributed by atoms with Crippen LogP contribution >= 0.6 is 0 Å². The molecule has 0 aromatic rings. The van der Waals surface area contributed by atoms with E-state index in [1.165, 1.54) is 14.0 Å². The number of esters is 2. The zero-order valence-corrected chi connectivity index (χ0v) is 8.58. The Kier molecular flexibility index (Phi) is 7.83. The molecule has 5 heteroatoms. The molecule has 0 heterocycles. The molecule has 0 unspecified atom stereocenters. The van der Waals surface area contributed by atoms with Crippen LogP contribution in [0.4, 0.5) is 0 Å². The van der Waals surface area contributed by atoms with Crippen LogP contribution in [-0.2, 0) is 23.8 Å². The second-order valence-corrected chi connectivity index (χ2v) is 2.63. The first-order valence-corrected chi connectivity index (χ1v) is 4.44. The normalized spacial score (nSPS) is 9.57. The molecule has 14 heavy (non-hydrogen) atoms. The van der Waals surface area contributed by atoms with Crippen molar-refractivity contribution in [3.05, 3.63) is 0 Å². The lowest BCUT2D eigenvalue weighted by Crippen LogP contribution is -2.09. The zero-order chi connectivity index (χ0) is 10.8. The average molecular weight is 204 g/mol. The maximum Gasteiger partial charge on any atom is 0.305 e. The topological polar surface area (TPSA) is 61.8 Å². The number of methoxy groups -OCH3 is 1. The summed E-state index contributed by atoms with van der Waals surface area (Å²) in [6.07, 6.45) is 0.969. The van der Waals surface area contributed by atoms with E-state index in [0.717, 1.165) is 0 Å². The predicted octanol–water partition coefficient (Wildman–Crippen LogP) is 0.519. The van der Waals surface area contributed by atoms with Crippen molar-refractivity contribution in [1.29, 1.82) is 0 Å². The van der Waals surface area contributed by atoms with Crippen molar-refractivity contribution in [2.24, 2.45) is 0 Å². The van der Waals surface area contributed by atoms with Gasteiger partial charge in [-0.05, 0) is 6.42 Å². The van der Waals surface area contributed by atoms with E-state index in [9.17, 15) is 9.59 Å². The van der Waals surface area contributed by atoms with E-state index in [0.29, 0.717) is 26.1 Å². The summed E-state index contributed by atoms with van der Waals surface area (Å²) in [5.41, 5.74) is 0. The maximum atomic E-state index is 10.6. The molecule has 0 aromatic heterocycles. The van der Waals surface area contributed by atoms with Crippen molar-refractivity contribution < 1.29 is 23.8 Å². The molecule has 5 nitrogen and oxygen atoms in total. The van der Waals surface area contributed by atoms with Gasteiger partial charge in [-0.2, -0.15) is 0 Å². The molecule has 0 aliphatic rings. The number of carbonyl (C=O) groups excluding carboxylic acids is 2. The number of hydrogen-bond donors (Lipinski definition) is 0. The van der Waals surface area contributed by atoms with Crippen LogP contribution in [0.25, 0.3) is 0 Å². The average Bonchev–Trinajstić information content (AvgIpc) is 2.15. The lowest BCUT2D eigenvalue weighted by molar-refractivity contribution is -0.142. The quantitative estimate of drug-likeness (QED) is 0.447. The highest BCUT2D eigenvalue weighted by atomic mass is 16.6. The highest BCUT2D eigenvalue weighted by Gasteiger charge is 1.99. The molecule has 0 rings (SSSR count). The Labute approximate surface area is 83.3 Å². The molecule has 0 aromatic carbocycles. The van der Waals surface area contributed by atoms with Gasteiger partial charge < -0.3 is 14.2 Å². The van der Waals surface area contributed by atoms with Crippen LogP contribution in [0.15, 0.2) is 0 Å². The zero-order valence-electron chi connectivity index (χ0n) is 8.58. The lowest BCUT2D eigenvalue weighted by Gasteiger charge is -2.03. The summed E-state index contributed by atoms with van der Waals surface area (Å²) in [5.74, 6) is -0.559. The fraction of sp³-hybridized carbons (Fsp3) is 0.778. The fourth-order valence-corrected chi connectivity index (χ4v) is 0.767. The van der Waals surface area contributed by atoms with E-state index in [4.69, 9.17) is 4.74 Å². The van der Waals surface area contributed by atoms with Crippen molar-refractivity contribution in [1.82, 2.24) is 0 Å². The van der Waals surface area contributed by atoms with Gasteiger partial charge in [-0.25, -0.2) is 0 Å². The smallest absolute Gasteiger partial charge is 0.305 e. The predicted molar refractivity (Wildman–Crippen MR) is 48.7 cm³/mol. The second-order valence-electron chi connectivity index (χ2n) is 2.63. The van der Waals surface area contributed by atoms with Gasteiger partial charge >= 0.3 is 11.9 Å². The monoisotopic (exact) mass is 204 g/mol. The third-order valence-electron chi connectivity index (χ3n) is 1.43. The molecule has 0 N–H and O–H groups in total. The Morgan fingerprint density at radius 2 is 1.86 bits per heavy atom. The molecular formula is C9H16O5. The van der Waals surface area contributed by atoms with Gasteiger partial charge in [-0.15, -0.1) is 0 Å². The molecule has 0 saturated carbocycles. The first-order valence-electron chi connectivity index (χ1n) is 4.44. The van der Waals surface area contributed by atoms with Crippen molar-refractivity contribution >= 4 is 11.9 Å². The number of ether oxygens (including phenoxy) is 3. The van der Waals surface area contributed by atoms with Crippen LogP contribution in [0.5, 0.6) is 0 Å². The van der Waals surface area contributed by atoms with Gasteiger partial charge in [0.05, 0.1) is 13.7 Å². The first-order chi connectivity index (χ1) is 6.66. The number of carbonyl (C=O) groups is 2. The molecule has 0 radical (unpaired) electrons. The highest BCUT2D eigenvalue weighted by molar-refractivity contribution is 5.69.